The second kappa shape index (κ2) is 6.53. The van der Waals surface area contributed by atoms with E-state index in [-0.39, 0.29) is 5.54 Å². The second-order valence-corrected chi connectivity index (χ2v) is 6.96. The van der Waals surface area contributed by atoms with Crippen LogP contribution in [0.5, 0.6) is 0 Å². The van der Waals surface area contributed by atoms with Gasteiger partial charge in [0.2, 0.25) is 0 Å². The highest BCUT2D eigenvalue weighted by Crippen LogP contribution is 2.21. The van der Waals surface area contributed by atoms with Crippen molar-refractivity contribution in [2.45, 2.75) is 53.1 Å². The molecule has 3 nitrogen and oxygen atoms in total. The van der Waals surface area contributed by atoms with E-state index < -0.39 is 0 Å². The molecule has 4 heteroatoms. The minimum absolute atomic E-state index is 0.145. The number of thiazole rings is 1. The van der Waals surface area contributed by atoms with Crippen molar-refractivity contribution in [2.75, 3.05) is 18.5 Å². The molecule has 0 aromatic carbocycles. The van der Waals surface area contributed by atoms with E-state index in [2.05, 4.69) is 62.2 Å². The van der Waals surface area contributed by atoms with Gasteiger partial charge < -0.3 is 10.2 Å². The van der Waals surface area contributed by atoms with Crippen LogP contribution in [0, 0.1) is 5.92 Å². The molecule has 0 radical (unpaired) electrons. The van der Waals surface area contributed by atoms with Crippen LogP contribution in [0.1, 0.15) is 46.7 Å². The molecule has 0 bridgehead atoms. The lowest BCUT2D eigenvalue weighted by molar-refractivity contribution is 0.422. The first kappa shape index (κ1) is 15.4. The molecular formula is C14H27N3S. The van der Waals surface area contributed by atoms with Gasteiger partial charge in [-0.3, -0.25) is 0 Å². The van der Waals surface area contributed by atoms with E-state index in [0.29, 0.717) is 0 Å². The van der Waals surface area contributed by atoms with E-state index in [0.717, 1.165) is 29.8 Å². The summed E-state index contributed by atoms with van der Waals surface area (Å²) in [4.78, 5) is 6.95. The molecule has 1 unspecified atom stereocenters. The first-order valence-corrected chi connectivity index (χ1v) is 7.60. The molecule has 104 valence electrons. The first-order chi connectivity index (χ1) is 8.31. The van der Waals surface area contributed by atoms with Crippen molar-refractivity contribution < 1.29 is 0 Å². The van der Waals surface area contributed by atoms with Crippen LogP contribution in [0.4, 0.5) is 5.13 Å². The average Bonchev–Trinajstić information content (AvgIpc) is 2.74. The minimum atomic E-state index is 0.145. The molecule has 1 N–H and O–H groups in total. The Labute approximate surface area is 116 Å². The Morgan fingerprint density at radius 1 is 1.44 bits per heavy atom. The van der Waals surface area contributed by atoms with Gasteiger partial charge in [0.1, 0.15) is 0 Å². The zero-order chi connectivity index (χ0) is 13.8. The van der Waals surface area contributed by atoms with Crippen LogP contribution in [0.25, 0.3) is 0 Å². The molecule has 1 rings (SSSR count). The van der Waals surface area contributed by atoms with Crippen LogP contribution >= 0.6 is 11.3 Å². The molecule has 18 heavy (non-hydrogen) atoms. The topological polar surface area (TPSA) is 28.2 Å². The fourth-order valence-electron chi connectivity index (χ4n) is 1.58. The van der Waals surface area contributed by atoms with E-state index in [4.69, 9.17) is 0 Å². The Hall–Kier alpha value is -0.610. The maximum atomic E-state index is 4.68. The van der Waals surface area contributed by atoms with Crippen LogP contribution in [0.15, 0.2) is 5.38 Å². The molecule has 0 spiro atoms. The molecule has 1 aromatic rings. The average molecular weight is 269 g/mol. The third-order valence-corrected chi connectivity index (χ3v) is 3.95. The summed E-state index contributed by atoms with van der Waals surface area (Å²) in [7, 11) is 2.13. The lowest BCUT2D eigenvalue weighted by atomic mass is 10.1. The molecule has 0 fully saturated rings. The summed E-state index contributed by atoms with van der Waals surface area (Å²) in [6.45, 7) is 13.0. The van der Waals surface area contributed by atoms with Gasteiger partial charge in [-0.15, -0.1) is 11.3 Å². The number of hydrogen-bond donors (Lipinski definition) is 1. The maximum Gasteiger partial charge on any atom is 0.185 e. The van der Waals surface area contributed by atoms with Crippen LogP contribution < -0.4 is 10.2 Å². The fraction of sp³-hybridized carbons (Fsp3) is 0.786. The lowest BCUT2D eigenvalue weighted by Crippen LogP contribution is -2.35. The normalized spacial score (nSPS) is 13.7. The number of hydrogen-bond acceptors (Lipinski definition) is 4. The SMILES string of the molecule is CCC(C)CN(C)c1nc(CNC(C)(C)C)cs1. The summed E-state index contributed by atoms with van der Waals surface area (Å²) in [5.41, 5.74) is 1.28. The standard InChI is InChI=1S/C14H27N3S/c1-7-11(2)9-17(6)13-16-12(10-18-13)8-15-14(3,4)5/h10-11,15H,7-9H2,1-6H3. The van der Waals surface area contributed by atoms with Crippen molar-refractivity contribution in [3.8, 4) is 0 Å². The third-order valence-electron chi connectivity index (χ3n) is 2.95. The van der Waals surface area contributed by atoms with Gasteiger partial charge in [-0.05, 0) is 26.7 Å². The van der Waals surface area contributed by atoms with Crippen molar-refractivity contribution in [2.24, 2.45) is 5.92 Å². The minimum Gasteiger partial charge on any atom is -0.351 e. The number of anilines is 1. The molecule has 1 heterocycles. The first-order valence-electron chi connectivity index (χ1n) is 6.72. The van der Waals surface area contributed by atoms with Gasteiger partial charge in [-0.1, -0.05) is 20.3 Å². The van der Waals surface area contributed by atoms with Gasteiger partial charge in [0.15, 0.2) is 5.13 Å². The largest absolute Gasteiger partial charge is 0.351 e. The Bertz CT molecular complexity index is 354. The number of aromatic nitrogens is 1. The highest BCUT2D eigenvalue weighted by atomic mass is 32.1. The molecule has 1 aromatic heterocycles. The Morgan fingerprint density at radius 3 is 2.67 bits per heavy atom. The number of nitrogens with one attached hydrogen (secondary N) is 1. The van der Waals surface area contributed by atoms with Gasteiger partial charge in [-0.2, -0.15) is 0 Å². The number of rotatable bonds is 6. The van der Waals surface area contributed by atoms with Crippen molar-refractivity contribution in [3.63, 3.8) is 0 Å². The van der Waals surface area contributed by atoms with Crippen LogP contribution in [0.3, 0.4) is 0 Å². The van der Waals surface area contributed by atoms with Crippen LogP contribution in [0.2, 0.25) is 0 Å². The van der Waals surface area contributed by atoms with Crippen molar-refractivity contribution in [1.82, 2.24) is 10.3 Å². The second-order valence-electron chi connectivity index (χ2n) is 6.12. The quantitative estimate of drug-likeness (QED) is 0.856. The molecule has 0 amide bonds. The molecule has 0 aliphatic carbocycles. The molecule has 0 aliphatic rings. The predicted octanol–water partition coefficient (Wildman–Crippen LogP) is 3.51. The summed E-state index contributed by atoms with van der Waals surface area (Å²) in [6.07, 6.45) is 1.22. The van der Waals surface area contributed by atoms with E-state index in [9.17, 15) is 0 Å². The van der Waals surface area contributed by atoms with Gasteiger partial charge in [0.05, 0.1) is 5.69 Å². The van der Waals surface area contributed by atoms with Gasteiger partial charge in [0, 0.05) is 31.1 Å². The fourth-order valence-corrected chi connectivity index (χ4v) is 2.39. The maximum absolute atomic E-state index is 4.68. The van der Waals surface area contributed by atoms with E-state index in [1.54, 1.807) is 11.3 Å². The Balaban J connectivity index is 2.52. The van der Waals surface area contributed by atoms with E-state index >= 15 is 0 Å². The molecule has 0 aliphatic heterocycles. The van der Waals surface area contributed by atoms with Gasteiger partial charge in [-0.25, -0.2) is 4.98 Å². The van der Waals surface area contributed by atoms with E-state index in [1.807, 2.05) is 0 Å². The predicted molar refractivity (Wildman–Crippen MR) is 81.4 cm³/mol. The van der Waals surface area contributed by atoms with E-state index in [1.165, 1.54) is 6.42 Å². The van der Waals surface area contributed by atoms with Crippen molar-refractivity contribution in [1.29, 1.82) is 0 Å². The molecular weight excluding hydrogens is 242 g/mol. The monoisotopic (exact) mass is 269 g/mol. The smallest absolute Gasteiger partial charge is 0.185 e. The number of nitrogens with zero attached hydrogens (tertiary/aromatic N) is 2. The van der Waals surface area contributed by atoms with Crippen LogP contribution in [-0.4, -0.2) is 24.1 Å². The molecule has 0 saturated carbocycles. The lowest BCUT2D eigenvalue weighted by Gasteiger charge is -2.20. The third kappa shape index (κ3) is 5.36. The molecule has 1 atom stereocenters. The highest BCUT2D eigenvalue weighted by Gasteiger charge is 2.12. The van der Waals surface area contributed by atoms with Crippen LogP contribution in [-0.2, 0) is 6.54 Å². The highest BCUT2D eigenvalue weighted by molar-refractivity contribution is 7.13. The molecule has 0 saturated heterocycles. The Morgan fingerprint density at radius 2 is 2.11 bits per heavy atom. The zero-order valence-corrected chi connectivity index (χ0v) is 13.4. The summed E-state index contributed by atoms with van der Waals surface area (Å²) < 4.78 is 0. The Kier molecular flexibility index (Phi) is 5.60. The van der Waals surface area contributed by atoms with Gasteiger partial charge in [0.25, 0.3) is 0 Å². The summed E-state index contributed by atoms with van der Waals surface area (Å²) >= 11 is 1.74. The van der Waals surface area contributed by atoms with Gasteiger partial charge >= 0.3 is 0 Å². The summed E-state index contributed by atoms with van der Waals surface area (Å²) in [5, 5.41) is 6.75. The van der Waals surface area contributed by atoms with Crippen molar-refractivity contribution >= 4 is 16.5 Å². The zero-order valence-electron chi connectivity index (χ0n) is 12.6. The van der Waals surface area contributed by atoms with Crippen molar-refractivity contribution in [3.05, 3.63) is 11.1 Å². The summed E-state index contributed by atoms with van der Waals surface area (Å²) in [5.74, 6) is 0.718. The summed E-state index contributed by atoms with van der Waals surface area (Å²) in [6, 6.07) is 0.